The first-order valence-corrected chi connectivity index (χ1v) is 16.8. The average molecular weight is 634 g/mol. The number of rotatable bonds is 7. The molecule has 0 fully saturated rings. The second-order valence-corrected chi connectivity index (χ2v) is 12.8. The van der Waals surface area contributed by atoms with Gasteiger partial charge in [-0.1, -0.05) is 146 Å². The molecule has 0 saturated carbocycles. The van der Waals surface area contributed by atoms with Crippen LogP contribution < -0.4 is 0 Å². The molecular weight excluding hydrogens is 603 g/mol. The van der Waals surface area contributed by atoms with Crippen molar-refractivity contribution >= 4 is 38.3 Å². The number of fused-ring (bicyclic) bond motifs is 2. The molecule has 4 heteroatoms. The van der Waals surface area contributed by atoms with E-state index in [1.807, 2.05) is 29.6 Å². The van der Waals surface area contributed by atoms with Crippen LogP contribution in [0.3, 0.4) is 0 Å². The fraction of sp³-hybridized carbons (Fsp3) is 0.0227. The molecule has 2 heterocycles. The summed E-state index contributed by atoms with van der Waals surface area (Å²) >= 11 is 1.81. The molecule has 0 aliphatic heterocycles. The van der Waals surface area contributed by atoms with Gasteiger partial charge >= 0.3 is 0 Å². The van der Waals surface area contributed by atoms with E-state index >= 15 is 0 Å². The maximum absolute atomic E-state index is 5.03. The van der Waals surface area contributed by atoms with Crippen LogP contribution in [0.1, 0.15) is 10.4 Å². The Bertz CT molecular complexity index is 2460. The molecule has 0 amide bonds. The van der Waals surface area contributed by atoms with Crippen LogP contribution in [-0.2, 0) is 0 Å². The van der Waals surface area contributed by atoms with Gasteiger partial charge in [0.25, 0.3) is 0 Å². The molecule has 8 rings (SSSR count). The molecule has 8 aromatic rings. The predicted molar refractivity (Wildman–Crippen MR) is 204 cm³/mol. The van der Waals surface area contributed by atoms with Crippen LogP contribution in [0.4, 0.5) is 0 Å². The number of benzene rings is 6. The van der Waals surface area contributed by atoms with Gasteiger partial charge in [-0.25, -0.2) is 15.0 Å². The molecule has 0 N–H and O–H groups in total. The maximum Gasteiger partial charge on any atom is 0.164 e. The van der Waals surface area contributed by atoms with Crippen molar-refractivity contribution in [3.05, 3.63) is 169 Å². The van der Waals surface area contributed by atoms with Crippen LogP contribution >= 0.6 is 11.3 Å². The Kier molecular flexibility index (Phi) is 7.77. The zero-order valence-electron chi connectivity index (χ0n) is 26.5. The Labute approximate surface area is 284 Å². The van der Waals surface area contributed by atoms with E-state index < -0.39 is 0 Å². The Morgan fingerprint density at radius 3 is 1.77 bits per heavy atom. The van der Waals surface area contributed by atoms with Crippen LogP contribution in [0.15, 0.2) is 158 Å². The van der Waals surface area contributed by atoms with E-state index in [1.165, 1.54) is 37.0 Å². The van der Waals surface area contributed by atoms with Crippen molar-refractivity contribution < 1.29 is 0 Å². The fourth-order valence-corrected chi connectivity index (χ4v) is 7.36. The molecule has 228 valence electrons. The van der Waals surface area contributed by atoms with E-state index in [0.717, 1.165) is 33.2 Å². The minimum absolute atomic E-state index is 0.642. The molecular formula is C44H31N3S. The summed E-state index contributed by atoms with van der Waals surface area (Å²) in [6.07, 6.45) is 5.96. The van der Waals surface area contributed by atoms with Crippen molar-refractivity contribution in [2.24, 2.45) is 0 Å². The SMILES string of the molecule is C=C/C=C\c1sc2cccc(-c3ccc(-c4nc(-c5ccc(-c6ccccc6)cc5)nc(-c5ccc6ccccc6c5)n4)cc3)c2c1C. The molecule has 3 nitrogen and oxygen atoms in total. The van der Waals surface area contributed by atoms with E-state index in [-0.39, 0.29) is 0 Å². The van der Waals surface area contributed by atoms with Crippen LogP contribution in [0.25, 0.3) is 83.4 Å². The predicted octanol–water partition coefficient (Wildman–Crippen LogP) is 12.1. The van der Waals surface area contributed by atoms with Crippen molar-refractivity contribution in [3.8, 4) is 56.4 Å². The monoisotopic (exact) mass is 633 g/mol. The molecule has 0 bridgehead atoms. The Morgan fingerprint density at radius 2 is 1.08 bits per heavy atom. The second-order valence-electron chi connectivity index (χ2n) is 11.8. The van der Waals surface area contributed by atoms with Gasteiger partial charge in [0.15, 0.2) is 17.5 Å². The van der Waals surface area contributed by atoms with Crippen molar-refractivity contribution in [1.82, 2.24) is 15.0 Å². The minimum Gasteiger partial charge on any atom is -0.208 e. The lowest BCUT2D eigenvalue weighted by Crippen LogP contribution is -2.00. The van der Waals surface area contributed by atoms with Gasteiger partial charge in [0.1, 0.15) is 0 Å². The number of thiophene rings is 1. The van der Waals surface area contributed by atoms with Gasteiger partial charge in [0.2, 0.25) is 0 Å². The summed E-state index contributed by atoms with van der Waals surface area (Å²) < 4.78 is 1.28. The quantitative estimate of drug-likeness (QED) is 0.164. The van der Waals surface area contributed by atoms with Gasteiger partial charge in [-0.2, -0.15) is 0 Å². The third kappa shape index (κ3) is 5.63. The van der Waals surface area contributed by atoms with Gasteiger partial charge in [0.05, 0.1) is 0 Å². The van der Waals surface area contributed by atoms with E-state index in [9.17, 15) is 0 Å². The smallest absolute Gasteiger partial charge is 0.164 e. The van der Waals surface area contributed by atoms with Gasteiger partial charge in [-0.15, -0.1) is 11.3 Å². The normalized spacial score (nSPS) is 11.4. The summed E-state index contributed by atoms with van der Waals surface area (Å²) in [4.78, 5) is 16.3. The highest BCUT2D eigenvalue weighted by molar-refractivity contribution is 7.20. The molecule has 0 atom stereocenters. The van der Waals surface area contributed by atoms with E-state index in [4.69, 9.17) is 15.0 Å². The molecule has 0 spiro atoms. The van der Waals surface area contributed by atoms with Crippen molar-refractivity contribution in [3.63, 3.8) is 0 Å². The zero-order valence-corrected chi connectivity index (χ0v) is 27.3. The molecule has 0 saturated heterocycles. The average Bonchev–Trinajstić information content (AvgIpc) is 3.49. The van der Waals surface area contributed by atoms with E-state index in [1.54, 1.807) is 0 Å². The number of allylic oxidation sites excluding steroid dienone is 2. The van der Waals surface area contributed by atoms with Crippen molar-refractivity contribution in [2.45, 2.75) is 6.92 Å². The molecule has 0 unspecified atom stereocenters. The van der Waals surface area contributed by atoms with Gasteiger partial charge in [-0.05, 0) is 63.7 Å². The zero-order chi connectivity index (χ0) is 32.5. The summed E-state index contributed by atoms with van der Waals surface area (Å²) in [5, 5.41) is 3.62. The maximum atomic E-state index is 5.03. The van der Waals surface area contributed by atoms with E-state index in [2.05, 4.69) is 153 Å². The molecule has 6 aromatic carbocycles. The summed E-state index contributed by atoms with van der Waals surface area (Å²) in [6.45, 7) is 6.03. The largest absolute Gasteiger partial charge is 0.208 e. The highest BCUT2D eigenvalue weighted by Crippen LogP contribution is 2.39. The molecule has 0 aliphatic rings. The number of hydrogen-bond acceptors (Lipinski definition) is 4. The van der Waals surface area contributed by atoms with Gasteiger partial charge in [0, 0.05) is 31.7 Å². The number of aryl methyl sites for hydroxylation is 1. The molecule has 48 heavy (non-hydrogen) atoms. The lowest BCUT2D eigenvalue weighted by atomic mass is 9.98. The standard InChI is InChI=1S/C44H31N3S/c1-3-4-16-39-29(2)41-38(15-10-17-40(41)48-39)33-21-25-35(26-22-33)43-45-42(34-23-18-32(19-24-34)30-11-6-5-7-12-30)46-44(47-43)37-27-20-31-13-8-9-14-36(31)28-37/h3-28H,1H2,2H3/b16-4-. The molecule has 0 radical (unpaired) electrons. The first-order chi connectivity index (χ1) is 23.6. The van der Waals surface area contributed by atoms with Crippen LogP contribution in [-0.4, -0.2) is 15.0 Å². The first kappa shape index (κ1) is 29.4. The third-order valence-electron chi connectivity index (χ3n) is 8.72. The Hall–Kier alpha value is -5.97. The number of nitrogens with zero attached hydrogens (tertiary/aromatic N) is 3. The summed E-state index contributed by atoms with van der Waals surface area (Å²) in [5.41, 5.74) is 8.83. The first-order valence-electron chi connectivity index (χ1n) is 16.0. The Morgan fingerprint density at radius 1 is 0.521 bits per heavy atom. The Balaban J connectivity index is 1.21. The van der Waals surface area contributed by atoms with Crippen LogP contribution in [0.2, 0.25) is 0 Å². The third-order valence-corrected chi connectivity index (χ3v) is 9.94. The molecule has 0 aliphatic carbocycles. The summed E-state index contributed by atoms with van der Waals surface area (Å²) in [6, 6.07) is 48.7. The highest BCUT2D eigenvalue weighted by atomic mass is 32.1. The van der Waals surface area contributed by atoms with Gasteiger partial charge < -0.3 is 0 Å². The fourth-order valence-electron chi connectivity index (χ4n) is 6.21. The molecule has 2 aromatic heterocycles. The van der Waals surface area contributed by atoms with Gasteiger partial charge in [-0.3, -0.25) is 0 Å². The lowest BCUT2D eigenvalue weighted by Gasteiger charge is -2.11. The van der Waals surface area contributed by atoms with Crippen molar-refractivity contribution in [1.29, 1.82) is 0 Å². The highest BCUT2D eigenvalue weighted by Gasteiger charge is 2.15. The van der Waals surface area contributed by atoms with Crippen molar-refractivity contribution in [2.75, 3.05) is 0 Å². The van der Waals surface area contributed by atoms with Crippen LogP contribution in [0.5, 0.6) is 0 Å². The number of aromatic nitrogens is 3. The minimum atomic E-state index is 0.642. The second kappa shape index (κ2) is 12.7. The summed E-state index contributed by atoms with van der Waals surface area (Å²) in [7, 11) is 0. The van der Waals surface area contributed by atoms with Crippen LogP contribution in [0, 0.1) is 6.92 Å². The topological polar surface area (TPSA) is 38.7 Å². The summed E-state index contributed by atoms with van der Waals surface area (Å²) in [5.74, 6) is 1.94. The number of hydrogen-bond donors (Lipinski definition) is 0. The van der Waals surface area contributed by atoms with E-state index in [0.29, 0.717) is 17.5 Å². The lowest BCUT2D eigenvalue weighted by molar-refractivity contribution is 1.07.